The Morgan fingerprint density at radius 1 is 1.38 bits per heavy atom. The van der Waals surface area contributed by atoms with Crippen LogP contribution in [0.3, 0.4) is 0 Å². The van der Waals surface area contributed by atoms with Crippen LogP contribution < -0.4 is 4.74 Å². The van der Waals surface area contributed by atoms with Gasteiger partial charge in [-0.2, -0.15) is 0 Å². The first-order valence-corrected chi connectivity index (χ1v) is 6.90. The molecule has 1 aromatic heterocycles. The highest BCUT2D eigenvalue weighted by Crippen LogP contribution is 2.32. The van der Waals surface area contributed by atoms with Crippen LogP contribution in [0.4, 0.5) is 4.79 Å². The fourth-order valence-corrected chi connectivity index (χ4v) is 2.84. The van der Waals surface area contributed by atoms with Crippen molar-refractivity contribution in [1.29, 1.82) is 0 Å². The van der Waals surface area contributed by atoms with Gasteiger partial charge in [-0.1, -0.05) is 6.08 Å². The van der Waals surface area contributed by atoms with E-state index in [1.807, 2.05) is 31.3 Å². The Bertz CT molecular complexity index is 730. The smallest absolute Gasteiger partial charge is 0.407 e. The number of carboxylic acid groups (broad SMARTS) is 1. The third-order valence-corrected chi connectivity index (χ3v) is 4.02. The van der Waals surface area contributed by atoms with E-state index >= 15 is 0 Å². The highest BCUT2D eigenvalue weighted by Gasteiger charge is 2.19. The van der Waals surface area contributed by atoms with E-state index < -0.39 is 6.09 Å². The van der Waals surface area contributed by atoms with Gasteiger partial charge in [0.25, 0.3) is 0 Å². The van der Waals surface area contributed by atoms with E-state index in [0.717, 1.165) is 28.6 Å². The monoisotopic (exact) mass is 286 g/mol. The van der Waals surface area contributed by atoms with Crippen LogP contribution in [0.15, 0.2) is 30.5 Å². The van der Waals surface area contributed by atoms with Crippen LogP contribution in [0.25, 0.3) is 16.5 Å². The molecule has 0 saturated carbocycles. The van der Waals surface area contributed by atoms with Gasteiger partial charge in [0.1, 0.15) is 5.75 Å². The second kappa shape index (κ2) is 5.16. The van der Waals surface area contributed by atoms with E-state index in [2.05, 4.69) is 10.8 Å². The van der Waals surface area contributed by atoms with E-state index in [1.54, 1.807) is 7.11 Å². The average Bonchev–Trinajstić information content (AvgIpc) is 2.84. The fraction of sp³-hybridized carbons (Fsp3) is 0.312. The maximum atomic E-state index is 11.0. The number of hydrogen-bond donors (Lipinski definition) is 1. The number of amides is 1. The molecular weight excluding hydrogens is 268 g/mol. The number of hydrogen-bond acceptors (Lipinski definition) is 2. The second-order valence-corrected chi connectivity index (χ2v) is 5.24. The topological polar surface area (TPSA) is 54.7 Å². The van der Waals surface area contributed by atoms with Crippen molar-refractivity contribution < 1.29 is 14.6 Å². The molecule has 1 amide bonds. The minimum atomic E-state index is -0.857. The molecule has 1 aliphatic rings. The molecule has 5 nitrogen and oxygen atoms in total. The quantitative estimate of drug-likeness (QED) is 0.923. The van der Waals surface area contributed by atoms with E-state index in [1.165, 1.54) is 10.5 Å². The number of fused-ring (bicyclic) bond motifs is 1. The van der Waals surface area contributed by atoms with Crippen molar-refractivity contribution in [3.63, 3.8) is 0 Å². The molecular formula is C16H18N2O3. The van der Waals surface area contributed by atoms with Gasteiger partial charge in [-0.3, -0.25) is 0 Å². The third-order valence-electron chi connectivity index (χ3n) is 4.02. The minimum absolute atomic E-state index is 0.449. The molecule has 0 fully saturated rings. The van der Waals surface area contributed by atoms with Gasteiger partial charge < -0.3 is 19.3 Å². The lowest BCUT2D eigenvalue weighted by Crippen LogP contribution is -2.33. The zero-order valence-electron chi connectivity index (χ0n) is 12.2. The van der Waals surface area contributed by atoms with Crippen molar-refractivity contribution in [2.75, 3.05) is 20.2 Å². The molecule has 110 valence electrons. The lowest BCUT2D eigenvalue weighted by Gasteiger charge is -2.23. The van der Waals surface area contributed by atoms with Crippen LogP contribution in [0.1, 0.15) is 12.0 Å². The lowest BCUT2D eigenvalue weighted by molar-refractivity contribution is 0.150. The molecule has 0 bridgehead atoms. The summed E-state index contributed by atoms with van der Waals surface area (Å²) in [5, 5.41) is 10.2. The first-order chi connectivity index (χ1) is 10.1. The van der Waals surface area contributed by atoms with Gasteiger partial charge in [0.05, 0.1) is 7.11 Å². The maximum Gasteiger partial charge on any atom is 0.407 e. The Morgan fingerprint density at radius 2 is 2.19 bits per heavy atom. The highest BCUT2D eigenvalue weighted by molar-refractivity contribution is 5.94. The molecule has 0 atom stereocenters. The number of aromatic nitrogens is 1. The van der Waals surface area contributed by atoms with Crippen molar-refractivity contribution in [2.24, 2.45) is 7.05 Å². The van der Waals surface area contributed by atoms with Gasteiger partial charge >= 0.3 is 6.09 Å². The summed E-state index contributed by atoms with van der Waals surface area (Å²) >= 11 is 0. The Morgan fingerprint density at radius 3 is 2.81 bits per heavy atom. The van der Waals surface area contributed by atoms with Crippen LogP contribution in [-0.2, 0) is 7.05 Å². The molecule has 3 rings (SSSR count). The van der Waals surface area contributed by atoms with Crippen molar-refractivity contribution >= 4 is 22.6 Å². The van der Waals surface area contributed by atoms with E-state index in [4.69, 9.17) is 9.84 Å². The molecule has 0 spiro atoms. The molecule has 2 heterocycles. The third kappa shape index (κ3) is 2.35. The summed E-state index contributed by atoms with van der Waals surface area (Å²) in [6.07, 6.45) is 3.99. The number of ether oxygens (including phenoxy) is 1. The molecule has 0 radical (unpaired) electrons. The standard InChI is InChI=1S/C16H18N2O3/c1-17-10-14(11-5-7-18(8-6-11)16(19)20)13-9-12(21-2)3-4-15(13)17/h3-5,9-10H,6-8H2,1-2H3,(H,19,20). The van der Waals surface area contributed by atoms with Crippen LogP contribution in [-0.4, -0.2) is 40.9 Å². The van der Waals surface area contributed by atoms with Gasteiger partial charge in [0, 0.05) is 42.8 Å². The number of rotatable bonds is 2. The average molecular weight is 286 g/mol. The second-order valence-electron chi connectivity index (χ2n) is 5.24. The first kappa shape index (κ1) is 13.5. The van der Waals surface area contributed by atoms with Gasteiger partial charge in [-0.25, -0.2) is 4.79 Å². The Hall–Kier alpha value is -2.43. The van der Waals surface area contributed by atoms with Crippen molar-refractivity contribution in [2.45, 2.75) is 6.42 Å². The molecule has 2 aromatic rings. The summed E-state index contributed by atoms with van der Waals surface area (Å²) in [4.78, 5) is 12.4. The largest absolute Gasteiger partial charge is 0.497 e. The highest BCUT2D eigenvalue weighted by atomic mass is 16.5. The number of nitrogens with zero attached hydrogens (tertiary/aromatic N) is 2. The summed E-state index contributed by atoms with van der Waals surface area (Å²) in [7, 11) is 3.68. The zero-order chi connectivity index (χ0) is 15.0. The van der Waals surface area contributed by atoms with Crippen LogP contribution in [0.2, 0.25) is 0 Å². The van der Waals surface area contributed by atoms with Gasteiger partial charge in [0.2, 0.25) is 0 Å². The number of methoxy groups -OCH3 is 1. The normalized spacial score (nSPS) is 15.1. The summed E-state index contributed by atoms with van der Waals surface area (Å²) in [6, 6.07) is 6.03. The van der Waals surface area contributed by atoms with Gasteiger partial charge in [0.15, 0.2) is 0 Å². The molecule has 1 aliphatic heterocycles. The van der Waals surface area contributed by atoms with Crippen LogP contribution >= 0.6 is 0 Å². The van der Waals surface area contributed by atoms with Crippen molar-refractivity contribution in [1.82, 2.24) is 9.47 Å². The first-order valence-electron chi connectivity index (χ1n) is 6.90. The number of benzene rings is 1. The SMILES string of the molecule is COc1ccc2c(c1)c(C1=CCN(C(=O)O)CC1)cn2C. The Balaban J connectivity index is 2.03. The minimum Gasteiger partial charge on any atom is -0.497 e. The lowest BCUT2D eigenvalue weighted by atomic mass is 9.99. The van der Waals surface area contributed by atoms with Crippen molar-refractivity contribution in [3.05, 3.63) is 36.0 Å². The maximum absolute atomic E-state index is 11.0. The predicted molar refractivity (Wildman–Crippen MR) is 81.7 cm³/mol. The zero-order valence-corrected chi connectivity index (χ0v) is 12.2. The number of carbonyl (C=O) groups is 1. The van der Waals surface area contributed by atoms with Gasteiger partial charge in [-0.15, -0.1) is 0 Å². The van der Waals surface area contributed by atoms with E-state index in [0.29, 0.717) is 13.1 Å². The van der Waals surface area contributed by atoms with Gasteiger partial charge in [-0.05, 0) is 30.2 Å². The predicted octanol–water partition coefficient (Wildman–Crippen LogP) is 2.95. The summed E-state index contributed by atoms with van der Waals surface area (Å²) < 4.78 is 7.40. The molecule has 21 heavy (non-hydrogen) atoms. The summed E-state index contributed by atoms with van der Waals surface area (Å²) in [6.45, 7) is 0.993. The molecule has 0 saturated heterocycles. The summed E-state index contributed by atoms with van der Waals surface area (Å²) in [5.74, 6) is 0.832. The number of aryl methyl sites for hydroxylation is 1. The Kier molecular flexibility index (Phi) is 3.33. The fourth-order valence-electron chi connectivity index (χ4n) is 2.84. The molecule has 0 unspecified atom stereocenters. The molecule has 1 aromatic carbocycles. The van der Waals surface area contributed by atoms with E-state index in [-0.39, 0.29) is 0 Å². The summed E-state index contributed by atoms with van der Waals surface area (Å²) in [5.41, 5.74) is 3.51. The molecule has 1 N–H and O–H groups in total. The van der Waals surface area contributed by atoms with Crippen LogP contribution in [0.5, 0.6) is 5.75 Å². The van der Waals surface area contributed by atoms with E-state index in [9.17, 15) is 4.79 Å². The molecule has 0 aliphatic carbocycles. The van der Waals surface area contributed by atoms with Crippen molar-refractivity contribution in [3.8, 4) is 5.75 Å². The molecule has 5 heteroatoms. The Labute approximate surface area is 123 Å². The van der Waals surface area contributed by atoms with Crippen LogP contribution in [0, 0.1) is 0 Å².